The maximum absolute atomic E-state index is 12.9. The lowest BCUT2D eigenvalue weighted by molar-refractivity contribution is -0.113. The van der Waals surface area contributed by atoms with Crippen molar-refractivity contribution in [3.8, 4) is 11.5 Å². The van der Waals surface area contributed by atoms with Gasteiger partial charge in [-0.2, -0.15) is 0 Å². The SMILES string of the molecule is CCCOc1c(I)cc(/C=C2/SC(=S)N(c3ccc(C)cc3)C2=O)cc1OC. The number of carbonyl (C=O) groups is 1. The number of hydrogen-bond acceptors (Lipinski definition) is 5. The van der Waals surface area contributed by atoms with E-state index in [1.807, 2.05) is 49.4 Å². The summed E-state index contributed by atoms with van der Waals surface area (Å²) in [5.41, 5.74) is 2.79. The Labute approximate surface area is 188 Å². The molecule has 0 radical (unpaired) electrons. The van der Waals surface area contributed by atoms with E-state index in [1.54, 1.807) is 12.0 Å². The normalized spacial score (nSPS) is 15.4. The fourth-order valence-electron chi connectivity index (χ4n) is 2.70. The minimum absolute atomic E-state index is 0.112. The third kappa shape index (κ3) is 4.52. The smallest absolute Gasteiger partial charge is 0.270 e. The maximum Gasteiger partial charge on any atom is 0.270 e. The second-order valence-electron chi connectivity index (χ2n) is 6.24. The van der Waals surface area contributed by atoms with Gasteiger partial charge in [-0.3, -0.25) is 9.69 Å². The molecule has 1 amide bonds. The molecule has 1 heterocycles. The lowest BCUT2D eigenvalue weighted by Crippen LogP contribution is -2.27. The van der Waals surface area contributed by atoms with Crippen molar-refractivity contribution >= 4 is 68.6 Å². The highest BCUT2D eigenvalue weighted by atomic mass is 127. The lowest BCUT2D eigenvalue weighted by atomic mass is 10.1. The quantitative estimate of drug-likeness (QED) is 0.271. The summed E-state index contributed by atoms with van der Waals surface area (Å²) in [6.07, 6.45) is 2.77. The molecule has 0 spiro atoms. The summed E-state index contributed by atoms with van der Waals surface area (Å²) >= 11 is 8.98. The molecule has 1 fully saturated rings. The van der Waals surface area contributed by atoms with Crippen molar-refractivity contribution in [2.45, 2.75) is 20.3 Å². The van der Waals surface area contributed by atoms with Gasteiger partial charge in [0.2, 0.25) is 0 Å². The number of aryl methyl sites for hydroxylation is 1. The second-order valence-corrected chi connectivity index (χ2v) is 9.07. The first-order chi connectivity index (χ1) is 13.4. The predicted octanol–water partition coefficient (Wildman–Crippen LogP) is 5.80. The van der Waals surface area contributed by atoms with Gasteiger partial charge in [0.1, 0.15) is 0 Å². The van der Waals surface area contributed by atoms with Gasteiger partial charge >= 0.3 is 0 Å². The number of halogens is 1. The fourth-order valence-corrected chi connectivity index (χ4v) is 4.78. The van der Waals surface area contributed by atoms with Crippen LogP contribution in [0.2, 0.25) is 0 Å². The number of nitrogens with zero attached hydrogens (tertiary/aromatic N) is 1. The zero-order valence-electron chi connectivity index (χ0n) is 15.8. The van der Waals surface area contributed by atoms with Crippen LogP contribution in [0.4, 0.5) is 5.69 Å². The zero-order chi connectivity index (χ0) is 20.3. The van der Waals surface area contributed by atoms with Crippen LogP contribution in [0.5, 0.6) is 11.5 Å². The number of rotatable bonds is 6. The van der Waals surface area contributed by atoms with Crippen LogP contribution in [0.15, 0.2) is 41.3 Å². The van der Waals surface area contributed by atoms with Crippen molar-refractivity contribution in [1.29, 1.82) is 0 Å². The highest BCUT2D eigenvalue weighted by Gasteiger charge is 2.33. The van der Waals surface area contributed by atoms with Crippen molar-refractivity contribution in [3.63, 3.8) is 0 Å². The summed E-state index contributed by atoms with van der Waals surface area (Å²) < 4.78 is 12.8. The first kappa shape index (κ1) is 21.1. The maximum atomic E-state index is 12.9. The number of hydrogen-bond donors (Lipinski definition) is 0. The Morgan fingerprint density at radius 3 is 2.61 bits per heavy atom. The highest BCUT2D eigenvalue weighted by molar-refractivity contribution is 14.1. The van der Waals surface area contributed by atoms with Crippen molar-refractivity contribution in [1.82, 2.24) is 0 Å². The number of methoxy groups -OCH3 is 1. The molecule has 0 atom stereocenters. The number of benzene rings is 2. The van der Waals surface area contributed by atoms with Crippen molar-refractivity contribution in [2.75, 3.05) is 18.6 Å². The Hall–Kier alpha value is -1.58. The van der Waals surface area contributed by atoms with E-state index in [0.717, 1.165) is 32.6 Å². The van der Waals surface area contributed by atoms with Gasteiger partial charge in [0, 0.05) is 0 Å². The summed E-state index contributed by atoms with van der Waals surface area (Å²) in [5.74, 6) is 1.27. The van der Waals surface area contributed by atoms with Gasteiger partial charge in [-0.05, 0) is 71.8 Å². The lowest BCUT2D eigenvalue weighted by Gasteiger charge is -2.14. The number of carbonyl (C=O) groups excluding carboxylic acids is 1. The predicted molar refractivity (Wildman–Crippen MR) is 128 cm³/mol. The standard InChI is InChI=1S/C21H20INO3S2/c1-4-9-26-19-16(22)10-14(11-17(19)25-3)12-18-20(24)23(21(27)28-18)15-7-5-13(2)6-8-15/h5-8,10-12H,4,9H2,1-3H3/b18-12+. The van der Waals surface area contributed by atoms with Crippen LogP contribution >= 0.6 is 46.6 Å². The van der Waals surface area contributed by atoms with Crippen molar-refractivity contribution in [2.24, 2.45) is 0 Å². The average molecular weight is 525 g/mol. The van der Waals surface area contributed by atoms with Crippen LogP contribution < -0.4 is 14.4 Å². The molecular formula is C21H20INO3S2. The van der Waals surface area contributed by atoms with E-state index in [0.29, 0.717) is 21.6 Å². The van der Waals surface area contributed by atoms with E-state index < -0.39 is 0 Å². The zero-order valence-corrected chi connectivity index (χ0v) is 19.6. The molecule has 2 aromatic carbocycles. The Balaban J connectivity index is 1.91. The van der Waals surface area contributed by atoms with Crippen LogP contribution in [-0.2, 0) is 4.79 Å². The number of thioether (sulfide) groups is 1. The number of ether oxygens (including phenoxy) is 2. The van der Waals surface area contributed by atoms with E-state index in [9.17, 15) is 4.79 Å². The molecule has 1 saturated heterocycles. The molecule has 4 nitrogen and oxygen atoms in total. The molecule has 0 bridgehead atoms. The summed E-state index contributed by atoms with van der Waals surface area (Å²) in [7, 11) is 1.62. The molecule has 1 aliphatic heterocycles. The largest absolute Gasteiger partial charge is 0.493 e. The van der Waals surface area contributed by atoms with E-state index in [2.05, 4.69) is 29.5 Å². The molecule has 1 aliphatic rings. The van der Waals surface area contributed by atoms with Gasteiger partial charge in [0.15, 0.2) is 15.8 Å². The minimum Gasteiger partial charge on any atom is -0.493 e. The minimum atomic E-state index is -0.112. The Bertz CT molecular complexity index is 941. The fraction of sp³-hybridized carbons (Fsp3) is 0.238. The molecule has 0 saturated carbocycles. The van der Waals surface area contributed by atoms with E-state index in [4.69, 9.17) is 21.7 Å². The Morgan fingerprint density at radius 1 is 1.25 bits per heavy atom. The van der Waals surface area contributed by atoms with Crippen LogP contribution in [0.25, 0.3) is 6.08 Å². The molecule has 0 N–H and O–H groups in total. The molecule has 0 aromatic heterocycles. The molecule has 0 unspecified atom stereocenters. The molecule has 3 rings (SSSR count). The van der Waals surface area contributed by atoms with E-state index in [-0.39, 0.29) is 5.91 Å². The molecule has 2 aromatic rings. The average Bonchev–Trinajstić information content (AvgIpc) is 2.94. The molecule has 146 valence electrons. The number of amides is 1. The molecular weight excluding hydrogens is 505 g/mol. The van der Waals surface area contributed by atoms with Gasteiger partial charge in [-0.25, -0.2) is 0 Å². The monoisotopic (exact) mass is 525 g/mol. The summed E-state index contributed by atoms with van der Waals surface area (Å²) in [4.78, 5) is 15.1. The Morgan fingerprint density at radius 2 is 1.96 bits per heavy atom. The van der Waals surface area contributed by atoms with Crippen molar-refractivity contribution in [3.05, 3.63) is 56.0 Å². The van der Waals surface area contributed by atoms with Crippen molar-refractivity contribution < 1.29 is 14.3 Å². The Kier molecular flexibility index (Phi) is 7.00. The molecule has 7 heteroatoms. The third-order valence-corrected chi connectivity index (χ3v) is 6.19. The van der Waals surface area contributed by atoms with Crippen LogP contribution in [0.3, 0.4) is 0 Å². The van der Waals surface area contributed by atoms with Crippen LogP contribution in [-0.4, -0.2) is 23.9 Å². The van der Waals surface area contributed by atoms with Crippen LogP contribution in [0, 0.1) is 10.5 Å². The topological polar surface area (TPSA) is 38.8 Å². The first-order valence-corrected chi connectivity index (χ1v) is 11.1. The van der Waals surface area contributed by atoms with Crippen LogP contribution in [0.1, 0.15) is 24.5 Å². The first-order valence-electron chi connectivity index (χ1n) is 8.79. The van der Waals surface area contributed by atoms with Gasteiger partial charge in [-0.1, -0.05) is 48.6 Å². The summed E-state index contributed by atoms with van der Waals surface area (Å²) in [6, 6.07) is 11.6. The summed E-state index contributed by atoms with van der Waals surface area (Å²) in [5, 5.41) is 0. The molecule has 28 heavy (non-hydrogen) atoms. The highest BCUT2D eigenvalue weighted by Crippen LogP contribution is 2.38. The van der Waals surface area contributed by atoms with E-state index in [1.165, 1.54) is 11.8 Å². The van der Waals surface area contributed by atoms with Gasteiger partial charge in [0.25, 0.3) is 5.91 Å². The summed E-state index contributed by atoms with van der Waals surface area (Å²) in [6.45, 7) is 4.70. The van der Waals surface area contributed by atoms with Gasteiger partial charge < -0.3 is 9.47 Å². The van der Waals surface area contributed by atoms with E-state index >= 15 is 0 Å². The molecule has 0 aliphatic carbocycles. The third-order valence-electron chi connectivity index (χ3n) is 4.09. The van der Waals surface area contributed by atoms with Gasteiger partial charge in [0.05, 0.1) is 27.9 Å². The number of thiocarbonyl (C=S) groups is 1. The second kappa shape index (κ2) is 9.28. The van der Waals surface area contributed by atoms with Gasteiger partial charge in [-0.15, -0.1) is 0 Å². The number of anilines is 1.